The number of nitrogens with zero attached hydrogens (tertiary/aromatic N) is 3. The molecule has 1 aliphatic rings. The van der Waals surface area contributed by atoms with Gasteiger partial charge < -0.3 is 4.74 Å². The third-order valence-corrected chi connectivity index (χ3v) is 3.15. The molecule has 0 radical (unpaired) electrons. The molecule has 1 saturated carbocycles. The average molecular weight is 237 g/mol. The monoisotopic (exact) mass is 237 g/mol. The molecule has 0 aliphatic heterocycles. The van der Waals surface area contributed by atoms with Gasteiger partial charge in [-0.2, -0.15) is 5.10 Å². The Balaban J connectivity index is 2.34. The fraction of sp³-hybridized carbons (Fsp3) is 0.750. The molecule has 17 heavy (non-hydrogen) atoms. The molecule has 5 heteroatoms. The zero-order valence-corrected chi connectivity index (χ0v) is 10.6. The second-order valence-electron chi connectivity index (χ2n) is 4.40. The summed E-state index contributed by atoms with van der Waals surface area (Å²) in [6, 6.07) is -0.275. The SMILES string of the molecule is CCc1nc(CC)n(C(C(=O)OC)C2CC2)n1. The highest BCUT2D eigenvalue weighted by Gasteiger charge is 2.40. The lowest BCUT2D eigenvalue weighted by atomic mass is 10.2. The molecule has 0 spiro atoms. The van der Waals surface area contributed by atoms with E-state index in [1.54, 1.807) is 4.68 Å². The molecule has 94 valence electrons. The molecule has 1 aromatic rings. The summed E-state index contributed by atoms with van der Waals surface area (Å²) < 4.78 is 6.66. The average Bonchev–Trinajstić information content (AvgIpc) is 3.09. The fourth-order valence-corrected chi connectivity index (χ4v) is 2.04. The van der Waals surface area contributed by atoms with Crippen molar-refractivity contribution in [3.63, 3.8) is 0 Å². The van der Waals surface area contributed by atoms with Crippen molar-refractivity contribution in [1.29, 1.82) is 0 Å². The van der Waals surface area contributed by atoms with Crippen LogP contribution < -0.4 is 0 Å². The van der Waals surface area contributed by atoms with Crippen molar-refractivity contribution < 1.29 is 9.53 Å². The van der Waals surface area contributed by atoms with E-state index < -0.39 is 0 Å². The molecule has 5 nitrogen and oxygen atoms in total. The first-order valence-corrected chi connectivity index (χ1v) is 6.23. The molecule has 1 aliphatic carbocycles. The highest BCUT2D eigenvalue weighted by Crippen LogP contribution is 2.40. The second kappa shape index (κ2) is 4.85. The molecule has 0 saturated heterocycles. The van der Waals surface area contributed by atoms with Crippen LogP contribution in [0.4, 0.5) is 0 Å². The Bertz CT molecular complexity index is 410. The predicted molar refractivity (Wildman–Crippen MR) is 62.6 cm³/mol. The van der Waals surface area contributed by atoms with Gasteiger partial charge in [0.25, 0.3) is 0 Å². The number of esters is 1. The van der Waals surface area contributed by atoms with Crippen LogP contribution in [-0.4, -0.2) is 27.8 Å². The van der Waals surface area contributed by atoms with Gasteiger partial charge in [-0.25, -0.2) is 14.5 Å². The minimum absolute atomic E-state index is 0.199. The molecule has 1 aromatic heterocycles. The van der Waals surface area contributed by atoms with Gasteiger partial charge in [0.2, 0.25) is 0 Å². The lowest BCUT2D eigenvalue weighted by molar-refractivity contribution is -0.145. The second-order valence-corrected chi connectivity index (χ2v) is 4.40. The number of aryl methyl sites for hydroxylation is 2. The molecule has 0 N–H and O–H groups in total. The summed E-state index contributed by atoms with van der Waals surface area (Å²) in [7, 11) is 1.43. The summed E-state index contributed by atoms with van der Waals surface area (Å²) in [4.78, 5) is 16.3. The van der Waals surface area contributed by atoms with Crippen molar-refractivity contribution >= 4 is 5.97 Å². The van der Waals surface area contributed by atoms with Crippen molar-refractivity contribution in [2.75, 3.05) is 7.11 Å². The van der Waals surface area contributed by atoms with Crippen LogP contribution in [-0.2, 0) is 22.4 Å². The van der Waals surface area contributed by atoms with Crippen molar-refractivity contribution in [1.82, 2.24) is 14.8 Å². The summed E-state index contributed by atoms with van der Waals surface area (Å²) in [6.07, 6.45) is 3.72. The highest BCUT2D eigenvalue weighted by atomic mass is 16.5. The van der Waals surface area contributed by atoms with E-state index in [1.807, 2.05) is 13.8 Å². The maximum absolute atomic E-state index is 11.8. The van der Waals surface area contributed by atoms with Crippen LogP contribution >= 0.6 is 0 Å². The molecule has 1 unspecified atom stereocenters. The zero-order chi connectivity index (χ0) is 12.4. The van der Waals surface area contributed by atoms with E-state index in [9.17, 15) is 4.79 Å². The Hall–Kier alpha value is -1.39. The van der Waals surface area contributed by atoms with Crippen LogP contribution in [0.2, 0.25) is 0 Å². The van der Waals surface area contributed by atoms with Crippen LogP contribution in [0.3, 0.4) is 0 Å². The first kappa shape index (κ1) is 12.1. The Kier molecular flexibility index (Phi) is 3.45. The maximum Gasteiger partial charge on any atom is 0.331 e. The van der Waals surface area contributed by atoms with Gasteiger partial charge in [-0.05, 0) is 18.8 Å². The molecule has 0 amide bonds. The van der Waals surface area contributed by atoms with Crippen molar-refractivity contribution in [2.45, 2.75) is 45.6 Å². The van der Waals surface area contributed by atoms with Gasteiger partial charge in [0.15, 0.2) is 11.9 Å². The van der Waals surface area contributed by atoms with Crippen LogP contribution in [0.1, 0.15) is 44.4 Å². The van der Waals surface area contributed by atoms with Crippen molar-refractivity contribution in [2.24, 2.45) is 5.92 Å². The van der Waals surface area contributed by atoms with Crippen molar-refractivity contribution in [3.8, 4) is 0 Å². The lowest BCUT2D eigenvalue weighted by Crippen LogP contribution is -2.25. The lowest BCUT2D eigenvalue weighted by Gasteiger charge is -2.15. The van der Waals surface area contributed by atoms with Crippen LogP contribution in [0.15, 0.2) is 0 Å². The number of methoxy groups -OCH3 is 1. The Morgan fingerprint density at radius 1 is 1.47 bits per heavy atom. The molecule has 0 bridgehead atoms. The number of rotatable bonds is 5. The van der Waals surface area contributed by atoms with E-state index in [0.29, 0.717) is 5.92 Å². The van der Waals surface area contributed by atoms with E-state index >= 15 is 0 Å². The van der Waals surface area contributed by atoms with E-state index in [4.69, 9.17) is 4.74 Å². The fourth-order valence-electron chi connectivity index (χ4n) is 2.04. The van der Waals surface area contributed by atoms with E-state index in [1.165, 1.54) is 7.11 Å². The van der Waals surface area contributed by atoms with Crippen molar-refractivity contribution in [3.05, 3.63) is 11.6 Å². The summed E-state index contributed by atoms with van der Waals surface area (Å²) in [6.45, 7) is 4.05. The maximum atomic E-state index is 11.8. The van der Waals surface area contributed by atoms with Gasteiger partial charge in [-0.1, -0.05) is 13.8 Å². The molecule has 0 aromatic carbocycles. The third kappa shape index (κ3) is 2.33. The number of carbonyl (C=O) groups excluding carboxylic acids is 1. The predicted octanol–water partition coefficient (Wildman–Crippen LogP) is 1.53. The standard InChI is InChI=1S/C12H19N3O2/c1-4-9-13-10(5-2)15(14-9)11(8-6-7-8)12(16)17-3/h8,11H,4-7H2,1-3H3. The first-order valence-electron chi connectivity index (χ1n) is 6.23. The van der Waals surface area contributed by atoms with E-state index in [-0.39, 0.29) is 12.0 Å². The van der Waals surface area contributed by atoms with Gasteiger partial charge in [-0.15, -0.1) is 0 Å². The molecule has 1 fully saturated rings. The Morgan fingerprint density at radius 3 is 2.65 bits per heavy atom. The first-order chi connectivity index (χ1) is 8.21. The normalized spacial score (nSPS) is 16.9. The summed E-state index contributed by atoms with van der Waals surface area (Å²) in [5, 5.41) is 4.43. The quantitative estimate of drug-likeness (QED) is 0.729. The van der Waals surface area contributed by atoms with Gasteiger partial charge in [0, 0.05) is 12.8 Å². The number of hydrogen-bond donors (Lipinski definition) is 0. The van der Waals surface area contributed by atoms with Gasteiger partial charge in [-0.3, -0.25) is 0 Å². The molecule has 2 rings (SSSR count). The van der Waals surface area contributed by atoms with Crippen LogP contribution in [0.25, 0.3) is 0 Å². The Labute approximate surface area is 101 Å². The summed E-state index contributed by atoms with van der Waals surface area (Å²) in [5.41, 5.74) is 0. The van der Waals surface area contributed by atoms with Crippen LogP contribution in [0.5, 0.6) is 0 Å². The minimum atomic E-state index is -0.275. The smallest absolute Gasteiger partial charge is 0.331 e. The van der Waals surface area contributed by atoms with Crippen LogP contribution in [0, 0.1) is 5.92 Å². The van der Waals surface area contributed by atoms with E-state index in [0.717, 1.165) is 37.3 Å². The number of ether oxygens (including phenoxy) is 1. The molecular formula is C12H19N3O2. The molecular weight excluding hydrogens is 218 g/mol. The summed E-state index contributed by atoms with van der Waals surface area (Å²) >= 11 is 0. The summed E-state index contributed by atoms with van der Waals surface area (Å²) in [5.74, 6) is 1.86. The van der Waals surface area contributed by atoms with Gasteiger partial charge in [0.1, 0.15) is 5.82 Å². The minimum Gasteiger partial charge on any atom is -0.467 e. The third-order valence-electron chi connectivity index (χ3n) is 3.15. The highest BCUT2D eigenvalue weighted by molar-refractivity contribution is 5.74. The topological polar surface area (TPSA) is 57.0 Å². The number of carbonyl (C=O) groups is 1. The van der Waals surface area contributed by atoms with Gasteiger partial charge >= 0.3 is 5.97 Å². The molecule has 1 heterocycles. The molecule has 1 atom stereocenters. The van der Waals surface area contributed by atoms with E-state index in [2.05, 4.69) is 10.1 Å². The van der Waals surface area contributed by atoms with Gasteiger partial charge in [0.05, 0.1) is 7.11 Å². The number of aromatic nitrogens is 3. The Morgan fingerprint density at radius 2 is 2.18 bits per heavy atom. The largest absolute Gasteiger partial charge is 0.467 e. The number of hydrogen-bond acceptors (Lipinski definition) is 4. The zero-order valence-electron chi connectivity index (χ0n) is 10.6.